The number of nitrogens with zero attached hydrogens (tertiary/aromatic N) is 3. The molecule has 11 heavy (non-hydrogen) atoms. The van der Waals surface area contributed by atoms with Crippen molar-refractivity contribution in [3.8, 4) is 11.6 Å². The summed E-state index contributed by atoms with van der Waals surface area (Å²) in [6.45, 7) is 1.78. The summed E-state index contributed by atoms with van der Waals surface area (Å²) in [5.41, 5.74) is 0.600. The summed E-state index contributed by atoms with van der Waals surface area (Å²) in [6.07, 6.45) is 2.60. The maximum absolute atomic E-state index is 4.95. The highest BCUT2D eigenvalue weighted by Crippen LogP contribution is 2.17. The van der Waals surface area contributed by atoms with E-state index in [2.05, 4.69) is 15.2 Å². The van der Waals surface area contributed by atoms with E-state index in [1.165, 1.54) is 12.8 Å². The monoisotopic (exact) mass is 151 g/mol. The molecule has 0 aliphatic carbocycles. The Morgan fingerprint density at radius 3 is 2.73 bits per heavy atom. The normalized spacial score (nSPS) is 10.3. The molecule has 0 amide bonds. The lowest BCUT2D eigenvalue weighted by Crippen LogP contribution is -1.79. The van der Waals surface area contributed by atoms with Gasteiger partial charge in [-0.1, -0.05) is 0 Å². The van der Waals surface area contributed by atoms with Crippen LogP contribution in [-0.2, 0) is 0 Å². The molecule has 0 radical (unpaired) electrons. The molecule has 0 aromatic carbocycles. The molecular weight excluding hydrogens is 146 g/mol. The predicted molar refractivity (Wildman–Crippen MR) is 34.5 cm³/mol. The van der Waals surface area contributed by atoms with E-state index in [1.807, 2.05) is 0 Å². The van der Waals surface area contributed by atoms with Gasteiger partial charge in [0, 0.05) is 0 Å². The molecule has 2 aromatic rings. The summed E-state index contributed by atoms with van der Waals surface area (Å²) in [5.74, 6) is 1.06. The van der Waals surface area contributed by atoms with E-state index in [0.29, 0.717) is 17.3 Å². The largest absolute Gasteiger partial charge is 0.448 e. The molecule has 0 saturated heterocycles. The highest BCUT2D eigenvalue weighted by atomic mass is 16.4. The lowest BCUT2D eigenvalue weighted by Gasteiger charge is -1.84. The number of hydrogen-bond acceptors (Lipinski definition) is 5. The van der Waals surface area contributed by atoms with Crippen molar-refractivity contribution in [2.75, 3.05) is 0 Å². The summed E-state index contributed by atoms with van der Waals surface area (Å²) in [5, 5.41) is 7.20. The van der Waals surface area contributed by atoms with Crippen molar-refractivity contribution in [3.63, 3.8) is 0 Å². The third kappa shape index (κ3) is 0.899. The number of hydrogen-bond donors (Lipinski definition) is 0. The van der Waals surface area contributed by atoms with Crippen LogP contribution in [0.3, 0.4) is 0 Å². The second kappa shape index (κ2) is 2.19. The fourth-order valence-corrected chi connectivity index (χ4v) is 0.787. The van der Waals surface area contributed by atoms with Gasteiger partial charge in [-0.15, -0.1) is 10.2 Å². The number of aryl methyl sites for hydroxylation is 1. The Bertz CT molecular complexity index is 338. The second-order valence-electron chi connectivity index (χ2n) is 2.00. The van der Waals surface area contributed by atoms with E-state index in [4.69, 9.17) is 8.83 Å². The summed E-state index contributed by atoms with van der Waals surface area (Å²) < 4.78 is 9.86. The van der Waals surface area contributed by atoms with E-state index in [9.17, 15) is 0 Å². The van der Waals surface area contributed by atoms with Gasteiger partial charge in [-0.3, -0.25) is 0 Å². The van der Waals surface area contributed by atoms with Crippen LogP contribution >= 0.6 is 0 Å². The molecule has 0 aliphatic rings. The molecule has 56 valence electrons. The van der Waals surface area contributed by atoms with E-state index in [0.717, 1.165) is 0 Å². The van der Waals surface area contributed by atoms with Crippen molar-refractivity contribution in [1.29, 1.82) is 0 Å². The average Bonchev–Trinajstić information content (AvgIpc) is 2.55. The smallest absolute Gasteiger partial charge is 0.269 e. The summed E-state index contributed by atoms with van der Waals surface area (Å²) in [7, 11) is 0. The molecule has 0 spiro atoms. The molecule has 5 heteroatoms. The van der Waals surface area contributed by atoms with Crippen molar-refractivity contribution in [2.45, 2.75) is 6.92 Å². The van der Waals surface area contributed by atoms with E-state index in [-0.39, 0.29) is 0 Å². The van der Waals surface area contributed by atoms with Gasteiger partial charge >= 0.3 is 0 Å². The molecule has 5 nitrogen and oxygen atoms in total. The lowest BCUT2D eigenvalue weighted by atomic mass is 10.4. The van der Waals surface area contributed by atoms with Gasteiger partial charge in [0.1, 0.15) is 5.76 Å². The first-order valence-corrected chi connectivity index (χ1v) is 3.04. The van der Waals surface area contributed by atoms with Gasteiger partial charge in [0.15, 0.2) is 12.1 Å². The third-order valence-electron chi connectivity index (χ3n) is 1.31. The summed E-state index contributed by atoms with van der Waals surface area (Å²) in [6, 6.07) is 0. The van der Waals surface area contributed by atoms with Gasteiger partial charge in [-0.25, -0.2) is 4.98 Å². The Balaban J connectivity index is 2.53. The minimum Gasteiger partial charge on any atom is -0.448 e. The highest BCUT2D eigenvalue weighted by molar-refractivity contribution is 5.47. The van der Waals surface area contributed by atoms with Crippen LogP contribution in [0, 0.1) is 6.92 Å². The Kier molecular flexibility index (Phi) is 1.21. The van der Waals surface area contributed by atoms with Crippen molar-refractivity contribution in [2.24, 2.45) is 0 Å². The number of rotatable bonds is 1. The predicted octanol–water partition coefficient (Wildman–Crippen LogP) is 1.03. The molecule has 0 atom stereocenters. The van der Waals surface area contributed by atoms with Crippen LogP contribution < -0.4 is 0 Å². The quantitative estimate of drug-likeness (QED) is 0.609. The lowest BCUT2D eigenvalue weighted by molar-refractivity contribution is 0.524. The Morgan fingerprint density at radius 2 is 2.18 bits per heavy atom. The first-order chi connectivity index (χ1) is 5.38. The molecular formula is C6H5N3O2. The van der Waals surface area contributed by atoms with Crippen molar-refractivity contribution in [3.05, 3.63) is 18.5 Å². The summed E-state index contributed by atoms with van der Waals surface area (Å²) >= 11 is 0. The fourth-order valence-electron chi connectivity index (χ4n) is 0.787. The minimum absolute atomic E-state index is 0.385. The minimum atomic E-state index is 0.385. The zero-order chi connectivity index (χ0) is 7.68. The van der Waals surface area contributed by atoms with Crippen molar-refractivity contribution >= 4 is 0 Å². The van der Waals surface area contributed by atoms with Crippen LogP contribution in [0.15, 0.2) is 21.6 Å². The van der Waals surface area contributed by atoms with Gasteiger partial charge in [-0.05, 0) is 6.92 Å². The van der Waals surface area contributed by atoms with Crippen LogP contribution in [0.25, 0.3) is 11.6 Å². The Morgan fingerprint density at radius 1 is 1.27 bits per heavy atom. The zero-order valence-corrected chi connectivity index (χ0v) is 5.81. The maximum atomic E-state index is 4.95. The van der Waals surface area contributed by atoms with Crippen LogP contribution in [0.2, 0.25) is 0 Å². The first-order valence-electron chi connectivity index (χ1n) is 3.04. The van der Waals surface area contributed by atoms with E-state index < -0.39 is 0 Å². The molecule has 0 unspecified atom stereocenters. The molecule has 2 rings (SSSR count). The number of oxazole rings is 1. The molecule has 0 N–H and O–H groups in total. The molecule has 0 saturated carbocycles. The van der Waals surface area contributed by atoms with Crippen LogP contribution in [0.1, 0.15) is 5.76 Å². The SMILES string of the molecule is Cc1ocnc1-c1nnco1. The molecule has 0 aliphatic heterocycles. The number of aromatic nitrogens is 3. The van der Waals surface area contributed by atoms with Crippen LogP contribution in [-0.4, -0.2) is 15.2 Å². The molecule has 2 heterocycles. The third-order valence-corrected chi connectivity index (χ3v) is 1.31. The average molecular weight is 151 g/mol. The fraction of sp³-hybridized carbons (Fsp3) is 0.167. The zero-order valence-electron chi connectivity index (χ0n) is 5.81. The van der Waals surface area contributed by atoms with Gasteiger partial charge in [0.05, 0.1) is 0 Å². The Labute approximate surface area is 62.1 Å². The van der Waals surface area contributed by atoms with E-state index >= 15 is 0 Å². The van der Waals surface area contributed by atoms with Crippen LogP contribution in [0.5, 0.6) is 0 Å². The topological polar surface area (TPSA) is 65.0 Å². The van der Waals surface area contributed by atoms with Gasteiger partial charge in [-0.2, -0.15) is 0 Å². The van der Waals surface area contributed by atoms with Crippen molar-refractivity contribution < 1.29 is 8.83 Å². The molecule has 0 fully saturated rings. The first kappa shape index (κ1) is 6.09. The Hall–Kier alpha value is -1.65. The van der Waals surface area contributed by atoms with Crippen molar-refractivity contribution in [1.82, 2.24) is 15.2 Å². The molecule has 0 bridgehead atoms. The van der Waals surface area contributed by atoms with Gasteiger partial charge in [0.25, 0.3) is 5.89 Å². The van der Waals surface area contributed by atoms with E-state index in [1.54, 1.807) is 6.92 Å². The standard InChI is InChI=1S/C6H5N3O2/c1-4-5(7-2-10-4)6-9-8-3-11-6/h2-3H,1H3. The van der Waals surface area contributed by atoms with Gasteiger partial charge in [0.2, 0.25) is 6.39 Å². The van der Waals surface area contributed by atoms with Gasteiger partial charge < -0.3 is 8.83 Å². The van der Waals surface area contributed by atoms with Crippen LogP contribution in [0.4, 0.5) is 0 Å². The second-order valence-corrected chi connectivity index (χ2v) is 2.00. The molecule has 2 aromatic heterocycles. The maximum Gasteiger partial charge on any atom is 0.269 e. The summed E-state index contributed by atoms with van der Waals surface area (Å²) in [4.78, 5) is 3.90. The highest BCUT2D eigenvalue weighted by Gasteiger charge is 2.10.